The predicted octanol–water partition coefficient (Wildman–Crippen LogP) is 1.30. The fraction of sp³-hybridized carbons (Fsp3) is 0. The third-order valence-electron chi connectivity index (χ3n) is 0.0886. The summed E-state index contributed by atoms with van der Waals surface area (Å²) in [7, 11) is 3.61. The van der Waals surface area contributed by atoms with Crippen molar-refractivity contribution in [1.82, 2.24) is 0 Å². The van der Waals surface area contributed by atoms with Gasteiger partial charge >= 0.3 is 65.9 Å². The maximum absolute atomic E-state index is 4.04. The molecule has 0 aliphatic heterocycles. The Morgan fingerprint density at radius 3 is 1.50 bits per heavy atom. The first-order chi connectivity index (χ1) is 2.91. The molecule has 0 rings (SSSR count). The van der Waals surface area contributed by atoms with Gasteiger partial charge in [-0.05, 0) is 0 Å². The molecule has 0 aromatic carbocycles. The van der Waals surface area contributed by atoms with Crippen LogP contribution in [-0.4, -0.2) is 25.4 Å². The van der Waals surface area contributed by atoms with Crippen molar-refractivity contribution in [3.05, 3.63) is 0 Å². The van der Waals surface area contributed by atoms with Gasteiger partial charge in [-0.2, -0.15) is 0 Å². The van der Waals surface area contributed by atoms with Crippen LogP contribution >= 0.6 is 40.5 Å². The molecule has 0 saturated heterocycles. The fourth-order valence-corrected chi connectivity index (χ4v) is 18.1. The molecule has 0 atom stereocenters. The zero-order valence-electron chi connectivity index (χ0n) is 2.53. The van der Waals surface area contributed by atoms with Gasteiger partial charge in [-0.1, -0.05) is 0 Å². The maximum atomic E-state index is 4.04. The molecule has 0 aliphatic rings. The topological polar surface area (TPSA) is 0 Å². The van der Waals surface area contributed by atoms with E-state index < -0.39 is 0 Å². The van der Waals surface area contributed by atoms with Crippen molar-refractivity contribution in [2.24, 2.45) is 0 Å². The first kappa shape index (κ1) is 8.44. The van der Waals surface area contributed by atoms with Gasteiger partial charge in [0.25, 0.3) is 0 Å². The summed E-state index contributed by atoms with van der Waals surface area (Å²) in [6.45, 7) is 0. The number of hydrogen-bond acceptors (Lipinski definition) is 4. The van der Waals surface area contributed by atoms with E-state index in [1.165, 1.54) is 0 Å². The van der Waals surface area contributed by atoms with Crippen LogP contribution in [0.15, 0.2) is 0 Å². The molecule has 0 radical (unpaired) electrons. The molecule has 0 nitrogen and oxygen atoms in total. The summed E-state index contributed by atoms with van der Waals surface area (Å²) < 4.78 is 0. The van der Waals surface area contributed by atoms with Gasteiger partial charge < -0.3 is 0 Å². The molecule has 0 amide bonds. The van der Waals surface area contributed by atoms with E-state index in [0.29, 0.717) is 25.4 Å². The van der Waals surface area contributed by atoms with Crippen molar-refractivity contribution in [2.75, 3.05) is 0 Å². The second-order valence-corrected chi connectivity index (χ2v) is 13.3. The third kappa shape index (κ3) is 6.44. The van der Waals surface area contributed by atoms with Crippen molar-refractivity contribution in [2.45, 2.75) is 0 Å². The molecule has 6 heteroatoms. The van der Waals surface area contributed by atoms with Crippen molar-refractivity contribution in [3.63, 3.8) is 0 Å². The van der Waals surface area contributed by atoms with Crippen LogP contribution in [-0.2, 0) is 0 Å². The first-order valence-electron chi connectivity index (χ1n) is 0.865. The Kier molecular flexibility index (Phi) is 10.5. The van der Waals surface area contributed by atoms with Crippen molar-refractivity contribution in [3.8, 4) is 0 Å². The quantitative estimate of drug-likeness (QED) is 0.348. The van der Waals surface area contributed by atoms with Gasteiger partial charge in [0.2, 0.25) is 0 Å². The summed E-state index contributed by atoms with van der Waals surface area (Å²) in [5, 5.41) is 0. The second kappa shape index (κ2) is 7.44. The molecule has 0 N–H and O–H groups in total. The molecule has 0 fully saturated rings. The van der Waals surface area contributed by atoms with Crippen LogP contribution in [0.1, 0.15) is 0 Å². The van der Waals surface area contributed by atoms with Gasteiger partial charge in [-0.15, -0.1) is 0 Å². The van der Waals surface area contributed by atoms with Crippen LogP contribution in [0.4, 0.5) is 0 Å². The average molecular weight is 288 g/mol. The van der Waals surface area contributed by atoms with Crippen LogP contribution in [0.25, 0.3) is 0 Å². The molecule has 0 heterocycles. The zero-order valence-corrected chi connectivity index (χ0v) is 9.38. The monoisotopic (exact) mass is 290 g/mol. The van der Waals surface area contributed by atoms with Crippen LogP contribution in [0.3, 0.4) is 0 Å². The fourth-order valence-electron chi connectivity index (χ4n) is 0.0248. The van der Waals surface area contributed by atoms with Gasteiger partial charge in [0, 0.05) is 0 Å². The van der Waals surface area contributed by atoms with Gasteiger partial charge in [0.15, 0.2) is 0 Å². The summed E-state index contributed by atoms with van der Waals surface area (Å²) in [6.07, 6.45) is 0. The van der Waals surface area contributed by atoms with Crippen molar-refractivity contribution >= 4 is 65.9 Å². The third-order valence-corrected chi connectivity index (χ3v) is 15.3. The van der Waals surface area contributed by atoms with Crippen molar-refractivity contribution in [1.29, 1.82) is 0 Å². The first-order valence-corrected chi connectivity index (χ1v) is 12.4. The molecule has 0 bridgehead atoms. The van der Waals surface area contributed by atoms with Gasteiger partial charge in [-0.3, -0.25) is 0 Å². The second-order valence-electron chi connectivity index (χ2n) is 0.285. The summed E-state index contributed by atoms with van der Waals surface area (Å²) in [5.41, 5.74) is 0. The van der Waals surface area contributed by atoms with E-state index in [2.05, 4.69) is 22.1 Å². The molecule has 0 aromatic rings. The Bertz CT molecular complexity index is 17.5. The van der Waals surface area contributed by atoms with E-state index in [-0.39, 0.29) is 0 Å². The average Bonchev–Trinajstić information content (AvgIpc) is 1.61. The Labute approximate surface area is 65.2 Å². The molecule has 0 saturated carbocycles. The number of hydrogen-bond donors (Lipinski definition) is 2. The van der Waals surface area contributed by atoms with Crippen LogP contribution in [0.2, 0.25) is 0 Å². The Balaban J connectivity index is 2.34. The van der Waals surface area contributed by atoms with Crippen LogP contribution in [0, 0.1) is 0 Å². The van der Waals surface area contributed by atoms with Crippen LogP contribution in [0.5, 0.6) is 0 Å². The minimum atomic E-state index is 0.467. The molecule has 0 aromatic heterocycles. The minimum absolute atomic E-state index is 0.467. The molecular formula is H2S4Se2. The van der Waals surface area contributed by atoms with Gasteiger partial charge in [-0.25, -0.2) is 0 Å². The van der Waals surface area contributed by atoms with Crippen molar-refractivity contribution < 1.29 is 0 Å². The standard InChI is InChI=1S/H2S4Se2/c1-5-3-4-6-2/h1-2H. The summed E-state index contributed by atoms with van der Waals surface area (Å²) in [4.78, 5) is 0. The predicted molar refractivity (Wildman–Crippen MR) is 44.7 cm³/mol. The Morgan fingerprint density at radius 2 is 1.33 bits per heavy atom. The van der Waals surface area contributed by atoms with Gasteiger partial charge in [0.05, 0.1) is 0 Å². The molecule has 38 valence electrons. The Morgan fingerprint density at radius 1 is 1.00 bits per heavy atom. The molecular weight excluding hydrogens is 286 g/mol. The van der Waals surface area contributed by atoms with E-state index >= 15 is 0 Å². The summed E-state index contributed by atoms with van der Waals surface area (Å²) >= 11 is 9.01. The van der Waals surface area contributed by atoms with E-state index in [1.807, 2.05) is 0 Å². The van der Waals surface area contributed by atoms with E-state index in [9.17, 15) is 0 Å². The zero-order chi connectivity index (χ0) is 4.83. The van der Waals surface area contributed by atoms with E-state index in [0.717, 1.165) is 0 Å². The Hall–Kier alpha value is 2.44. The normalized spacial score (nSPS) is 9.00. The van der Waals surface area contributed by atoms with Gasteiger partial charge in [0.1, 0.15) is 0 Å². The van der Waals surface area contributed by atoms with Crippen LogP contribution < -0.4 is 0 Å². The molecule has 6 heavy (non-hydrogen) atoms. The summed E-state index contributed by atoms with van der Waals surface area (Å²) in [6, 6.07) is 0. The number of thiol groups is 2. The van der Waals surface area contributed by atoms with E-state index in [1.54, 1.807) is 18.4 Å². The molecule has 0 spiro atoms. The summed E-state index contributed by atoms with van der Waals surface area (Å²) in [5.74, 6) is 0. The number of rotatable bonds is 3. The SMILES string of the molecule is S[Se]SS[Se]S. The molecule has 0 aliphatic carbocycles. The van der Waals surface area contributed by atoms with E-state index in [4.69, 9.17) is 0 Å². The molecule has 0 unspecified atom stereocenters.